The number of aromatic nitrogens is 2. The van der Waals surface area contributed by atoms with Crippen LogP contribution < -0.4 is 10.6 Å². The van der Waals surface area contributed by atoms with Gasteiger partial charge in [0.2, 0.25) is 5.91 Å². The average Bonchev–Trinajstić information content (AvgIpc) is 3.42. The fourth-order valence-electron chi connectivity index (χ4n) is 2.77. The van der Waals surface area contributed by atoms with Gasteiger partial charge in [0.25, 0.3) is 0 Å². The van der Waals surface area contributed by atoms with Gasteiger partial charge in [0.15, 0.2) is 11.5 Å². The minimum Gasteiger partial charge on any atom is -0.463 e. The molecule has 0 bridgehead atoms. The molecule has 12 heteroatoms. The van der Waals surface area contributed by atoms with Gasteiger partial charge in [-0.05, 0) is 45.9 Å². The quantitative estimate of drug-likeness (QED) is 0.527. The molecule has 3 rings (SSSR count). The molecule has 1 atom stereocenters. The van der Waals surface area contributed by atoms with Gasteiger partial charge in [0.1, 0.15) is 17.3 Å². The molecule has 3 heterocycles. The smallest absolute Gasteiger partial charge is 0.435 e. The Bertz CT molecular complexity index is 1110. The van der Waals surface area contributed by atoms with E-state index in [9.17, 15) is 22.8 Å². The third-order valence-electron chi connectivity index (χ3n) is 4.22. The number of amides is 2. The number of carbonyl (C=O) groups is 2. The Kier molecular flexibility index (Phi) is 6.86. The van der Waals surface area contributed by atoms with Gasteiger partial charge in [0, 0.05) is 16.3 Å². The zero-order chi connectivity index (χ0) is 24.4. The van der Waals surface area contributed by atoms with Crippen LogP contribution in [0.15, 0.2) is 40.3 Å². The number of carbonyl (C=O) groups excluding carboxylic acids is 2. The molecule has 178 valence electrons. The summed E-state index contributed by atoms with van der Waals surface area (Å²) in [6, 6.07) is 4.81. The van der Waals surface area contributed by atoms with Crippen LogP contribution in [0, 0.1) is 0 Å². The first kappa shape index (κ1) is 24.4. The lowest BCUT2D eigenvalue weighted by molar-refractivity contribution is -0.141. The number of hydrogen-bond acceptors (Lipinski definition) is 6. The van der Waals surface area contributed by atoms with Crippen LogP contribution in [0.3, 0.4) is 0 Å². The SMILES string of the molecule is C[C@H](NC(=O)OC(C)(C)C)C(=O)NCc1cc(-n2nc(C(F)(F)F)cc2-c2ccco2)cs1. The Balaban J connectivity index is 1.69. The van der Waals surface area contributed by atoms with Crippen molar-refractivity contribution in [1.82, 2.24) is 20.4 Å². The predicted molar refractivity (Wildman–Crippen MR) is 115 cm³/mol. The lowest BCUT2D eigenvalue weighted by Crippen LogP contribution is -2.46. The van der Waals surface area contributed by atoms with Crippen molar-refractivity contribution in [2.24, 2.45) is 0 Å². The van der Waals surface area contributed by atoms with Crippen molar-refractivity contribution in [1.29, 1.82) is 0 Å². The lowest BCUT2D eigenvalue weighted by atomic mass is 10.2. The third kappa shape index (κ3) is 6.37. The molecule has 0 aliphatic rings. The van der Waals surface area contributed by atoms with Crippen molar-refractivity contribution in [3.8, 4) is 17.1 Å². The maximum Gasteiger partial charge on any atom is 0.435 e. The molecule has 2 amide bonds. The van der Waals surface area contributed by atoms with Crippen LogP contribution >= 0.6 is 11.3 Å². The maximum absolute atomic E-state index is 13.2. The van der Waals surface area contributed by atoms with Crippen molar-refractivity contribution in [3.63, 3.8) is 0 Å². The van der Waals surface area contributed by atoms with Gasteiger partial charge in [-0.3, -0.25) is 4.79 Å². The van der Waals surface area contributed by atoms with Gasteiger partial charge in [0.05, 0.1) is 18.5 Å². The molecular weight excluding hydrogens is 461 g/mol. The molecule has 3 aromatic rings. The number of alkyl carbamates (subject to hydrolysis) is 1. The number of nitrogens with zero attached hydrogens (tertiary/aromatic N) is 2. The van der Waals surface area contributed by atoms with E-state index in [1.807, 2.05) is 0 Å². The summed E-state index contributed by atoms with van der Waals surface area (Å²) in [5.74, 6) is -0.202. The van der Waals surface area contributed by atoms with Gasteiger partial charge in [-0.2, -0.15) is 18.3 Å². The van der Waals surface area contributed by atoms with E-state index in [1.165, 1.54) is 24.5 Å². The molecule has 0 aromatic carbocycles. The summed E-state index contributed by atoms with van der Waals surface area (Å²) in [7, 11) is 0. The Hall–Kier alpha value is -3.28. The average molecular weight is 485 g/mol. The van der Waals surface area contributed by atoms with E-state index in [4.69, 9.17) is 9.15 Å². The van der Waals surface area contributed by atoms with Crippen molar-refractivity contribution in [2.75, 3.05) is 0 Å². The molecule has 0 aliphatic heterocycles. The van der Waals surface area contributed by atoms with E-state index in [0.29, 0.717) is 10.6 Å². The first-order chi connectivity index (χ1) is 15.3. The highest BCUT2D eigenvalue weighted by Crippen LogP contribution is 2.34. The molecule has 2 N–H and O–H groups in total. The lowest BCUT2D eigenvalue weighted by Gasteiger charge is -2.21. The molecule has 8 nitrogen and oxygen atoms in total. The highest BCUT2D eigenvalue weighted by atomic mass is 32.1. The topological polar surface area (TPSA) is 98.4 Å². The Morgan fingerprint density at radius 3 is 2.61 bits per heavy atom. The van der Waals surface area contributed by atoms with Gasteiger partial charge < -0.3 is 19.8 Å². The van der Waals surface area contributed by atoms with Gasteiger partial charge in [-0.25, -0.2) is 9.48 Å². The van der Waals surface area contributed by atoms with E-state index in [1.54, 1.807) is 44.4 Å². The molecule has 0 radical (unpaired) electrons. The minimum absolute atomic E-state index is 0.118. The number of thiophene rings is 1. The Morgan fingerprint density at radius 1 is 1.27 bits per heavy atom. The predicted octanol–water partition coefficient (Wildman–Crippen LogP) is 4.74. The summed E-state index contributed by atoms with van der Waals surface area (Å²) in [5.41, 5.74) is -1.19. The third-order valence-corrected chi connectivity index (χ3v) is 5.15. The summed E-state index contributed by atoms with van der Waals surface area (Å²) < 4.78 is 51.2. The standard InChI is InChI=1S/C21H23F3N4O4S/c1-12(26-19(30)32-20(2,3)4)18(29)25-10-14-8-13(11-33-14)28-15(16-6-5-7-31-16)9-17(27-28)21(22,23)24/h5-9,11-12H,10H2,1-4H3,(H,25,29)(H,26,30)/t12-/m0/s1. The number of ether oxygens (including phenoxy) is 1. The van der Waals surface area contributed by atoms with E-state index in [-0.39, 0.29) is 18.0 Å². The van der Waals surface area contributed by atoms with Crippen molar-refractivity contribution >= 4 is 23.3 Å². The molecule has 0 spiro atoms. The van der Waals surface area contributed by atoms with Crippen LogP contribution in [0.5, 0.6) is 0 Å². The molecular formula is C21H23F3N4O4S. The fraction of sp³-hybridized carbons (Fsp3) is 0.381. The van der Waals surface area contributed by atoms with Gasteiger partial charge in [-0.1, -0.05) is 0 Å². The number of furan rings is 1. The second-order valence-corrected chi connectivity index (χ2v) is 9.15. The van der Waals surface area contributed by atoms with Gasteiger partial charge in [-0.15, -0.1) is 11.3 Å². The van der Waals surface area contributed by atoms with Crippen LogP contribution in [0.25, 0.3) is 17.1 Å². The van der Waals surface area contributed by atoms with Crippen molar-refractivity contribution in [3.05, 3.63) is 46.5 Å². The summed E-state index contributed by atoms with van der Waals surface area (Å²) in [6.07, 6.45) is -3.97. The van der Waals surface area contributed by atoms with E-state index in [2.05, 4.69) is 15.7 Å². The molecule has 0 unspecified atom stereocenters. The van der Waals surface area contributed by atoms with Gasteiger partial charge >= 0.3 is 12.3 Å². The van der Waals surface area contributed by atoms with Crippen molar-refractivity contribution < 1.29 is 31.9 Å². The van der Waals surface area contributed by atoms with E-state index >= 15 is 0 Å². The Labute approximate surface area is 191 Å². The second-order valence-electron chi connectivity index (χ2n) is 8.16. The van der Waals surface area contributed by atoms with Crippen LogP contribution in [-0.2, 0) is 22.3 Å². The first-order valence-corrected chi connectivity index (χ1v) is 10.8. The van der Waals surface area contributed by atoms with E-state index < -0.39 is 35.5 Å². The number of alkyl halides is 3. The number of hydrogen-bond donors (Lipinski definition) is 2. The highest BCUT2D eigenvalue weighted by molar-refractivity contribution is 7.10. The monoisotopic (exact) mass is 484 g/mol. The summed E-state index contributed by atoms with van der Waals surface area (Å²) in [6.45, 7) is 6.76. The molecule has 33 heavy (non-hydrogen) atoms. The molecule has 3 aromatic heterocycles. The number of nitrogens with one attached hydrogen (secondary N) is 2. The minimum atomic E-state index is -4.61. The second kappa shape index (κ2) is 9.30. The van der Waals surface area contributed by atoms with Crippen molar-refractivity contribution in [2.45, 2.75) is 52.1 Å². The fourth-order valence-corrected chi connectivity index (χ4v) is 3.55. The summed E-state index contributed by atoms with van der Waals surface area (Å²) >= 11 is 1.24. The number of halogens is 3. The van der Waals surface area contributed by atoms with Crippen LogP contribution in [0.2, 0.25) is 0 Å². The maximum atomic E-state index is 13.2. The Morgan fingerprint density at radius 2 is 2.00 bits per heavy atom. The largest absolute Gasteiger partial charge is 0.463 e. The molecule has 0 fully saturated rings. The number of rotatable bonds is 6. The van der Waals surface area contributed by atoms with E-state index in [0.717, 1.165) is 10.7 Å². The molecule has 0 aliphatic carbocycles. The van der Waals surface area contributed by atoms with Crippen LogP contribution in [-0.4, -0.2) is 33.4 Å². The molecule has 0 saturated heterocycles. The highest BCUT2D eigenvalue weighted by Gasteiger charge is 2.35. The molecule has 0 saturated carbocycles. The van der Waals surface area contributed by atoms with Crippen LogP contribution in [0.1, 0.15) is 38.3 Å². The zero-order valence-electron chi connectivity index (χ0n) is 18.3. The van der Waals surface area contributed by atoms with Crippen LogP contribution in [0.4, 0.5) is 18.0 Å². The first-order valence-electron chi connectivity index (χ1n) is 9.89. The summed E-state index contributed by atoms with van der Waals surface area (Å²) in [4.78, 5) is 24.8. The summed E-state index contributed by atoms with van der Waals surface area (Å²) in [5, 5.41) is 10.4. The zero-order valence-corrected chi connectivity index (χ0v) is 19.1. The normalized spacial score (nSPS) is 12.9.